The first-order valence-electron chi connectivity index (χ1n) is 6.64. The third-order valence-electron chi connectivity index (χ3n) is 3.11. The molecule has 9 heteroatoms. The summed E-state index contributed by atoms with van der Waals surface area (Å²) in [6.07, 6.45) is -0.561. The molecule has 2 heterocycles. The fourth-order valence-corrected chi connectivity index (χ4v) is 2.21. The Labute approximate surface area is 124 Å². The monoisotopic (exact) mass is 312 g/mol. The molecule has 1 aliphatic rings. The Bertz CT molecular complexity index is 677. The summed E-state index contributed by atoms with van der Waals surface area (Å²) in [7, 11) is 0. The van der Waals surface area contributed by atoms with Crippen molar-refractivity contribution in [3.05, 3.63) is 33.1 Å². The fraction of sp³-hybridized carbons (Fsp3) is 0.538. The summed E-state index contributed by atoms with van der Waals surface area (Å²) in [5.74, 6) is -0.995. The predicted octanol–water partition coefficient (Wildman–Crippen LogP) is -0.681. The Hall–Kier alpha value is -2.42. The molecule has 9 nitrogen and oxygen atoms in total. The van der Waals surface area contributed by atoms with Crippen molar-refractivity contribution in [1.82, 2.24) is 9.55 Å². The average Bonchev–Trinajstić information content (AvgIpc) is 2.78. The maximum atomic E-state index is 11.8. The van der Waals surface area contributed by atoms with E-state index in [1.807, 2.05) is 0 Å². The van der Waals surface area contributed by atoms with Gasteiger partial charge in [0.15, 0.2) is 0 Å². The van der Waals surface area contributed by atoms with E-state index in [0.29, 0.717) is 0 Å². The third-order valence-corrected chi connectivity index (χ3v) is 3.11. The van der Waals surface area contributed by atoms with Crippen LogP contribution >= 0.6 is 0 Å². The van der Waals surface area contributed by atoms with Gasteiger partial charge in [-0.2, -0.15) is 0 Å². The van der Waals surface area contributed by atoms with Crippen LogP contribution in [-0.4, -0.2) is 40.3 Å². The molecular weight excluding hydrogens is 296 g/mol. The molecule has 1 aromatic heterocycles. The fourth-order valence-electron chi connectivity index (χ4n) is 2.21. The highest BCUT2D eigenvalue weighted by atomic mass is 16.6. The lowest BCUT2D eigenvalue weighted by atomic mass is 10.2. The van der Waals surface area contributed by atoms with E-state index >= 15 is 0 Å². The van der Waals surface area contributed by atoms with E-state index in [1.54, 1.807) is 0 Å². The van der Waals surface area contributed by atoms with E-state index in [9.17, 15) is 19.2 Å². The maximum absolute atomic E-state index is 11.8. The number of nitrogens with zero attached hydrogens (tertiary/aromatic N) is 1. The van der Waals surface area contributed by atoms with E-state index in [4.69, 9.17) is 14.2 Å². The van der Waals surface area contributed by atoms with Crippen molar-refractivity contribution in [1.29, 1.82) is 0 Å². The van der Waals surface area contributed by atoms with Gasteiger partial charge in [0.2, 0.25) is 0 Å². The van der Waals surface area contributed by atoms with Gasteiger partial charge in [-0.05, 0) is 0 Å². The van der Waals surface area contributed by atoms with Crippen LogP contribution in [0.3, 0.4) is 0 Å². The minimum Gasteiger partial charge on any atom is -0.463 e. The zero-order chi connectivity index (χ0) is 16.3. The van der Waals surface area contributed by atoms with Gasteiger partial charge in [0.1, 0.15) is 25.0 Å². The number of hydrogen-bond acceptors (Lipinski definition) is 7. The number of hydrogen-bond donors (Lipinski definition) is 1. The summed E-state index contributed by atoms with van der Waals surface area (Å²) in [4.78, 5) is 47.0. The highest BCUT2D eigenvalue weighted by Crippen LogP contribution is 2.30. The van der Waals surface area contributed by atoms with Crippen molar-refractivity contribution >= 4 is 11.9 Å². The standard InChI is InChI=1S/C13H16N2O7/c1-7(16)20-6-10-9(21-8(2)17)5-12(22-10)15-4-3-11(18)14-13(15)19/h3-4,9-10,12H,5-6H2,1-2H3,(H,14,18,19)/t9?,10-,12-/m1/s1. The van der Waals surface area contributed by atoms with Gasteiger partial charge in [-0.1, -0.05) is 0 Å². The Morgan fingerprint density at radius 1 is 1.36 bits per heavy atom. The summed E-state index contributed by atoms with van der Waals surface area (Å²) in [6, 6.07) is 1.19. The van der Waals surface area contributed by atoms with Gasteiger partial charge in [0.25, 0.3) is 5.56 Å². The Morgan fingerprint density at radius 2 is 2.09 bits per heavy atom. The number of H-pyrrole nitrogens is 1. The number of esters is 2. The van der Waals surface area contributed by atoms with Crippen LogP contribution in [0.2, 0.25) is 0 Å². The smallest absolute Gasteiger partial charge is 0.330 e. The number of ether oxygens (including phenoxy) is 3. The van der Waals surface area contributed by atoms with E-state index in [-0.39, 0.29) is 13.0 Å². The van der Waals surface area contributed by atoms with E-state index in [2.05, 4.69) is 4.98 Å². The molecule has 1 unspecified atom stereocenters. The minimum atomic E-state index is -0.728. The zero-order valence-electron chi connectivity index (χ0n) is 12.1. The SMILES string of the molecule is CC(=O)OC[C@H]1O[C@@H](n2ccc(=O)[nH]c2=O)CC1OC(C)=O. The number of rotatable bonds is 4. The van der Waals surface area contributed by atoms with E-state index < -0.39 is 41.6 Å². The van der Waals surface area contributed by atoms with E-state index in [1.165, 1.54) is 30.7 Å². The van der Waals surface area contributed by atoms with E-state index in [0.717, 1.165) is 0 Å². The molecule has 22 heavy (non-hydrogen) atoms. The van der Waals surface area contributed by atoms with Crippen molar-refractivity contribution in [3.8, 4) is 0 Å². The van der Waals surface area contributed by atoms with Crippen LogP contribution in [-0.2, 0) is 23.8 Å². The summed E-state index contributed by atoms with van der Waals surface area (Å²) < 4.78 is 16.8. The van der Waals surface area contributed by atoms with Crippen molar-refractivity contribution in [2.24, 2.45) is 0 Å². The molecule has 0 saturated carbocycles. The van der Waals surface area contributed by atoms with Crippen LogP contribution in [0, 0.1) is 0 Å². The lowest BCUT2D eigenvalue weighted by Crippen LogP contribution is -2.32. The molecule has 0 aromatic carbocycles. The highest BCUT2D eigenvalue weighted by Gasteiger charge is 2.39. The first-order valence-corrected chi connectivity index (χ1v) is 6.64. The molecule has 1 saturated heterocycles. The zero-order valence-corrected chi connectivity index (χ0v) is 12.1. The molecular formula is C13H16N2O7. The van der Waals surface area contributed by atoms with Gasteiger partial charge in [0.05, 0.1) is 0 Å². The van der Waals surface area contributed by atoms with Crippen LogP contribution in [0.25, 0.3) is 0 Å². The van der Waals surface area contributed by atoms with Crippen molar-refractivity contribution in [2.75, 3.05) is 6.61 Å². The van der Waals surface area contributed by atoms with Gasteiger partial charge < -0.3 is 14.2 Å². The lowest BCUT2D eigenvalue weighted by molar-refractivity contribution is -0.155. The Balaban J connectivity index is 2.17. The molecule has 1 fully saturated rings. The second kappa shape index (κ2) is 6.56. The van der Waals surface area contributed by atoms with Gasteiger partial charge in [-0.3, -0.25) is 23.9 Å². The molecule has 2 rings (SSSR count). The highest BCUT2D eigenvalue weighted by molar-refractivity contribution is 5.66. The molecule has 3 atom stereocenters. The number of carbonyl (C=O) groups excluding carboxylic acids is 2. The number of carbonyl (C=O) groups is 2. The summed E-state index contributed by atoms with van der Waals surface area (Å²) in [5, 5.41) is 0. The number of aromatic nitrogens is 2. The Kier molecular flexibility index (Phi) is 4.76. The first kappa shape index (κ1) is 16.0. The molecule has 1 aliphatic heterocycles. The molecule has 1 N–H and O–H groups in total. The van der Waals surface area contributed by atoms with Crippen molar-refractivity contribution in [2.45, 2.75) is 38.7 Å². The average molecular weight is 312 g/mol. The number of aromatic amines is 1. The van der Waals surface area contributed by atoms with Gasteiger partial charge in [0, 0.05) is 32.5 Å². The topological polar surface area (TPSA) is 117 Å². The molecule has 120 valence electrons. The third kappa shape index (κ3) is 3.82. The first-order chi connectivity index (χ1) is 10.4. The van der Waals surface area contributed by atoms with Crippen LogP contribution in [0.15, 0.2) is 21.9 Å². The summed E-state index contributed by atoms with van der Waals surface area (Å²) in [5.41, 5.74) is -1.15. The second-order valence-electron chi connectivity index (χ2n) is 4.83. The van der Waals surface area contributed by atoms with Crippen LogP contribution in [0.4, 0.5) is 0 Å². The maximum Gasteiger partial charge on any atom is 0.330 e. The number of nitrogens with one attached hydrogen (secondary N) is 1. The largest absolute Gasteiger partial charge is 0.463 e. The van der Waals surface area contributed by atoms with Crippen LogP contribution < -0.4 is 11.2 Å². The van der Waals surface area contributed by atoms with Crippen LogP contribution in [0.5, 0.6) is 0 Å². The molecule has 0 spiro atoms. The van der Waals surface area contributed by atoms with Gasteiger partial charge >= 0.3 is 17.6 Å². The molecule has 0 aliphatic carbocycles. The molecule has 0 bridgehead atoms. The summed E-state index contributed by atoms with van der Waals surface area (Å²) >= 11 is 0. The predicted molar refractivity (Wildman–Crippen MR) is 72.0 cm³/mol. The molecule has 0 amide bonds. The van der Waals surface area contributed by atoms with Gasteiger partial charge in [-0.15, -0.1) is 0 Å². The quantitative estimate of drug-likeness (QED) is 0.732. The Morgan fingerprint density at radius 3 is 2.68 bits per heavy atom. The second-order valence-corrected chi connectivity index (χ2v) is 4.83. The van der Waals surface area contributed by atoms with Crippen LogP contribution in [0.1, 0.15) is 26.5 Å². The minimum absolute atomic E-state index is 0.0954. The normalized spacial score (nSPS) is 24.0. The molecule has 0 radical (unpaired) electrons. The van der Waals surface area contributed by atoms with Crippen molar-refractivity contribution in [3.63, 3.8) is 0 Å². The lowest BCUT2D eigenvalue weighted by Gasteiger charge is -2.17. The van der Waals surface area contributed by atoms with Gasteiger partial charge in [-0.25, -0.2) is 4.79 Å². The van der Waals surface area contributed by atoms with Crippen molar-refractivity contribution < 1.29 is 23.8 Å². The summed E-state index contributed by atoms with van der Waals surface area (Å²) in [6.45, 7) is 2.41. The molecule has 1 aromatic rings.